The molecule has 3 rings (SSSR count). The Labute approximate surface area is 741 Å². The summed E-state index contributed by atoms with van der Waals surface area (Å²) in [6.45, 7) is 86.2. The standard InChI is InChI=1S/C29H50O4Si.C28H50O4Si.C21H40O5Si.C12H16O3.C11H20O/c1-13-14-22(3)29(8,9)27(30)23(4)26(33-34(11,12)28(5,6)7)21(2)19-32-20-24-15-17-25(31-10)18-16-24;1-13-21(3)28(8,9)26(29)22(4)25(32-33(11,12)27(5,6)7)20(2)18-31-19-23-14-16-24(30-10)17-15-23;1-14(13-22)18(26-27(10,11)20(4,5)6)16(3)19(24)21(7,8)15(2)12-17(23)25-9;1-10(7-13)8-15-9-11-3-5-12(14-2)6-4-11;1-6-8-9(3)11(4,5)10(12)7-2/h13,15-18,21-23,26H,1,14,19-20H2,2-12H3;14-17,20-22,25H,13,18-19H2,1-12H3;13-16,18H,12H2,1-11H3;3-7,10H,8-9H2,1-2H3;6,9H,1,7-8H2,2-5H3/t21-,22-,23+,26-;20-,21-,22+,25-;14-,15-,16+,18-;10-;9-/m00010/s1. The highest BCUT2D eigenvalue weighted by molar-refractivity contribution is 6.75. The second-order valence-electron chi connectivity index (χ2n) is 41.1. The second-order valence-corrected chi connectivity index (χ2v) is 55.4. The van der Waals surface area contributed by atoms with E-state index in [1.165, 1.54) is 7.11 Å². The summed E-state index contributed by atoms with van der Waals surface area (Å²) in [4.78, 5) is 85.8. The van der Waals surface area contributed by atoms with Crippen molar-refractivity contribution >= 4 is 66.6 Å². The summed E-state index contributed by atoms with van der Waals surface area (Å²) in [7, 11) is -0.00454. The fourth-order valence-corrected chi connectivity index (χ4v) is 17.4. The lowest BCUT2D eigenvalue weighted by molar-refractivity contribution is -0.145. The van der Waals surface area contributed by atoms with Gasteiger partial charge >= 0.3 is 5.97 Å². The zero-order valence-electron chi connectivity index (χ0n) is 84.0. The maximum absolute atomic E-state index is 13.8. The van der Waals surface area contributed by atoms with Crippen molar-refractivity contribution in [3.8, 4) is 17.2 Å². The maximum atomic E-state index is 13.8. The molecule has 0 aliphatic heterocycles. The van der Waals surface area contributed by atoms with Crippen molar-refractivity contribution in [2.24, 2.45) is 86.8 Å². The summed E-state index contributed by atoms with van der Waals surface area (Å²) in [5, 5.41) is 0.109. The highest BCUT2D eigenvalue weighted by Gasteiger charge is 2.50. The maximum Gasteiger partial charge on any atom is 0.305 e. The fourth-order valence-electron chi connectivity index (χ4n) is 13.1. The normalized spacial score (nSPS) is 16.0. The molecule has 0 saturated heterocycles. The van der Waals surface area contributed by atoms with Crippen molar-refractivity contribution in [3.05, 3.63) is 115 Å². The van der Waals surface area contributed by atoms with Crippen molar-refractivity contribution < 1.29 is 80.0 Å². The Hall–Kier alpha value is -5.56. The van der Waals surface area contributed by atoms with Crippen LogP contribution in [0.15, 0.2) is 98.1 Å². The Morgan fingerprint density at radius 3 is 0.934 bits per heavy atom. The van der Waals surface area contributed by atoms with Crippen molar-refractivity contribution in [1.29, 1.82) is 0 Å². The van der Waals surface area contributed by atoms with Gasteiger partial charge in [-0.2, -0.15) is 0 Å². The number of ketones is 4. The minimum absolute atomic E-state index is 0.0105. The van der Waals surface area contributed by atoms with Gasteiger partial charge in [-0.3, -0.25) is 24.0 Å². The van der Waals surface area contributed by atoms with Gasteiger partial charge in [0.05, 0.1) is 86.4 Å². The lowest BCUT2D eigenvalue weighted by Crippen LogP contribution is -2.51. The van der Waals surface area contributed by atoms with Gasteiger partial charge in [0.2, 0.25) is 0 Å². The van der Waals surface area contributed by atoms with Gasteiger partial charge in [0, 0.05) is 75.9 Å². The second kappa shape index (κ2) is 53.2. The van der Waals surface area contributed by atoms with Crippen LogP contribution in [0, 0.1) is 86.8 Å². The summed E-state index contributed by atoms with van der Waals surface area (Å²) in [6, 6.07) is 23.5. The van der Waals surface area contributed by atoms with Gasteiger partial charge in [0.1, 0.15) is 53.0 Å². The van der Waals surface area contributed by atoms with E-state index in [4.69, 9.17) is 46.4 Å². The Morgan fingerprint density at radius 2 is 0.669 bits per heavy atom. The third-order valence-corrected chi connectivity index (χ3v) is 40.6. The molecular weight excluding hydrogens is 1570 g/mol. The van der Waals surface area contributed by atoms with E-state index in [1.54, 1.807) is 28.3 Å². The number of Topliss-reactive ketones (excluding diaryl/α,β-unsaturated/α-hetero) is 4. The molecule has 0 amide bonds. The van der Waals surface area contributed by atoms with Crippen LogP contribution in [-0.2, 0) is 85.6 Å². The van der Waals surface area contributed by atoms with Gasteiger partial charge in [0.15, 0.2) is 25.0 Å². The molecule has 3 aromatic carbocycles. The average molecular weight is 1750 g/mol. The Balaban J connectivity index is 0. The average Bonchev–Trinajstić information content (AvgIpc) is 0.799. The van der Waals surface area contributed by atoms with E-state index in [2.05, 4.69) is 191 Å². The van der Waals surface area contributed by atoms with E-state index in [9.17, 15) is 33.6 Å². The number of allylic oxidation sites excluding steroid dienone is 2. The molecule has 14 atom stereocenters. The number of aldehydes is 2. The summed E-state index contributed by atoms with van der Waals surface area (Å²) in [6.07, 6.45) is 8.25. The third-order valence-electron chi connectivity index (χ3n) is 27.2. The molecule has 0 fully saturated rings. The minimum Gasteiger partial charge on any atom is -0.497 e. The SMILES string of the molecule is C=CC[C@H](C)C(C)(C)C(=O)CC.C=CC[C@H](C)C(C)(C)C(=O)[C@H](C)[C@@H](O[Si](C)(C)C(C)(C)C)[C@@H](C)COCc1ccc(OC)cc1.CC[C@H](C)C(C)(C)C(=O)[C@H](C)[C@@H](O[Si](C)(C)C(C)(C)C)[C@@H](C)COCc1ccc(OC)cc1.COC(=O)C[C@H](C)C(C)(C)C(=O)[C@H](C)[C@@H](O[Si](C)(C)C(C)(C)C)[C@@H](C)C=O.COc1ccc(COC[C@H](C)C=O)cc1. The summed E-state index contributed by atoms with van der Waals surface area (Å²) < 4.78 is 58.2. The quantitative estimate of drug-likeness (QED) is 0.0223. The van der Waals surface area contributed by atoms with E-state index in [1.807, 2.05) is 147 Å². The number of rotatable bonds is 48. The molecule has 0 heterocycles. The number of esters is 1. The first-order chi connectivity index (χ1) is 55.4. The molecule has 17 nitrogen and oxygen atoms in total. The molecule has 0 aliphatic carbocycles. The van der Waals surface area contributed by atoms with Gasteiger partial charge in [0.25, 0.3) is 0 Å². The molecule has 0 aliphatic rings. The van der Waals surface area contributed by atoms with Crippen LogP contribution < -0.4 is 14.2 Å². The van der Waals surface area contributed by atoms with Crippen LogP contribution in [0.4, 0.5) is 0 Å². The number of hydrogen-bond donors (Lipinski definition) is 0. The molecule has 3 aromatic rings. The summed E-state index contributed by atoms with van der Waals surface area (Å²) in [5.41, 5.74) is 1.52. The van der Waals surface area contributed by atoms with Crippen molar-refractivity contribution in [2.75, 3.05) is 48.3 Å². The van der Waals surface area contributed by atoms with Crippen LogP contribution in [-0.4, -0.2) is 133 Å². The molecule has 0 bridgehead atoms. The molecule has 0 radical (unpaired) electrons. The lowest BCUT2D eigenvalue weighted by Gasteiger charge is -2.44. The number of methoxy groups -OCH3 is 4. The molecule has 0 N–H and O–H groups in total. The number of ether oxygens (including phenoxy) is 7. The smallest absolute Gasteiger partial charge is 0.305 e. The Morgan fingerprint density at radius 1 is 0.388 bits per heavy atom. The highest BCUT2D eigenvalue weighted by Crippen LogP contribution is 2.46. The molecule has 0 saturated carbocycles. The van der Waals surface area contributed by atoms with Gasteiger partial charge in [-0.15, -0.1) is 13.2 Å². The van der Waals surface area contributed by atoms with E-state index < -0.39 is 47.8 Å². The predicted octanol–water partition coefficient (Wildman–Crippen LogP) is 25.1. The molecule has 20 heteroatoms. The highest BCUT2D eigenvalue weighted by atomic mass is 28.4. The van der Waals surface area contributed by atoms with Gasteiger partial charge < -0.3 is 56.0 Å². The lowest BCUT2D eigenvalue weighted by atomic mass is 9.69. The zero-order valence-corrected chi connectivity index (χ0v) is 87.0. The van der Waals surface area contributed by atoms with Crippen molar-refractivity contribution in [3.63, 3.8) is 0 Å². The molecular formula is C101H176O17Si3. The fraction of sp³-hybridized carbons (Fsp3) is 0.713. The van der Waals surface area contributed by atoms with E-state index in [0.29, 0.717) is 69.5 Å². The van der Waals surface area contributed by atoms with Crippen LogP contribution in [0.2, 0.25) is 54.4 Å². The summed E-state index contributed by atoms with van der Waals surface area (Å²) >= 11 is 0. The number of benzene rings is 3. The zero-order chi connectivity index (χ0) is 94.6. The van der Waals surface area contributed by atoms with E-state index >= 15 is 0 Å². The van der Waals surface area contributed by atoms with Crippen LogP contribution in [0.3, 0.4) is 0 Å². The number of carbonyl (C=O) groups is 7. The van der Waals surface area contributed by atoms with Gasteiger partial charge in [-0.1, -0.05) is 263 Å². The summed E-state index contributed by atoms with van der Waals surface area (Å²) in [5.74, 6) is 2.73. The van der Waals surface area contributed by atoms with Crippen molar-refractivity contribution in [2.45, 2.75) is 332 Å². The van der Waals surface area contributed by atoms with Crippen molar-refractivity contribution in [1.82, 2.24) is 0 Å². The van der Waals surface area contributed by atoms with Crippen LogP contribution in [0.1, 0.15) is 257 Å². The molecule has 0 aromatic heterocycles. The van der Waals surface area contributed by atoms with E-state index in [-0.39, 0.29) is 109 Å². The largest absolute Gasteiger partial charge is 0.497 e. The monoisotopic (exact) mass is 1750 g/mol. The van der Waals surface area contributed by atoms with Gasteiger partial charge in [-0.05, 0) is 144 Å². The first-order valence-corrected chi connectivity index (χ1v) is 53.1. The third kappa shape index (κ3) is 38.3. The van der Waals surface area contributed by atoms with E-state index in [0.717, 1.165) is 65.8 Å². The molecule has 0 spiro atoms. The Kier molecular flexibility index (Phi) is 51.6. The van der Waals surface area contributed by atoms with Crippen LogP contribution in [0.25, 0.3) is 0 Å². The number of carbonyl (C=O) groups excluding carboxylic acids is 7. The predicted molar refractivity (Wildman–Crippen MR) is 509 cm³/mol. The van der Waals surface area contributed by atoms with Crippen LogP contribution >= 0.6 is 0 Å². The topological polar surface area (TPSA) is 212 Å². The van der Waals surface area contributed by atoms with Gasteiger partial charge in [-0.25, -0.2) is 0 Å². The minimum atomic E-state index is -2.16. The Bertz CT molecular complexity index is 3520. The molecule has 121 heavy (non-hydrogen) atoms. The molecule has 0 unspecified atom stereocenters. The first kappa shape index (κ1) is 117. The number of hydrogen-bond acceptors (Lipinski definition) is 17. The molecule has 694 valence electrons. The van der Waals surface area contributed by atoms with Crippen LogP contribution in [0.5, 0.6) is 17.2 Å². The first-order valence-electron chi connectivity index (χ1n) is 44.4.